The molecule has 1 aromatic rings. The van der Waals surface area contributed by atoms with Crippen molar-refractivity contribution in [2.24, 2.45) is 0 Å². The average Bonchev–Trinajstić information content (AvgIpc) is 2.67. The normalized spacial score (nSPS) is 16.5. The molecular weight excluding hydrogens is 364 g/mol. The number of allylic oxidation sites excluding steroid dienone is 2. The molecule has 8 heteroatoms. The summed E-state index contributed by atoms with van der Waals surface area (Å²) in [6, 6.07) is 6.08. The van der Waals surface area contributed by atoms with Gasteiger partial charge >= 0.3 is 11.9 Å². The predicted octanol–water partition coefficient (Wildman–Crippen LogP) is 3.35. The quantitative estimate of drug-likeness (QED) is 0.433. The molecule has 0 bridgehead atoms. The van der Waals surface area contributed by atoms with E-state index in [4.69, 9.17) is 9.47 Å². The smallest absolute Gasteiger partial charge is 0.336 e. The van der Waals surface area contributed by atoms with Gasteiger partial charge in [-0.05, 0) is 27.2 Å². The number of nitro benzene ring substituents is 1. The third-order valence-corrected chi connectivity index (χ3v) is 4.43. The van der Waals surface area contributed by atoms with Crippen LogP contribution in [-0.2, 0) is 19.1 Å². The SMILES string of the molecule is CCOC(=O)C1=C(C)NC(CC)=C(C(=O)OCC)C1c1ccccc1[N+](=O)[O-]. The van der Waals surface area contributed by atoms with E-state index in [1.807, 2.05) is 6.92 Å². The van der Waals surface area contributed by atoms with Crippen molar-refractivity contribution in [3.8, 4) is 0 Å². The molecule has 0 aliphatic carbocycles. The lowest BCUT2D eigenvalue weighted by Gasteiger charge is -2.31. The summed E-state index contributed by atoms with van der Waals surface area (Å²) in [4.78, 5) is 36.6. The van der Waals surface area contributed by atoms with Crippen LogP contribution in [0.3, 0.4) is 0 Å². The Balaban J connectivity index is 2.80. The summed E-state index contributed by atoms with van der Waals surface area (Å²) in [5.41, 5.74) is 1.47. The second-order valence-corrected chi connectivity index (χ2v) is 6.10. The van der Waals surface area contributed by atoms with Gasteiger partial charge in [0, 0.05) is 23.0 Å². The molecule has 0 spiro atoms. The standard InChI is InChI=1S/C20H24N2O6/c1-5-14-18(20(24)28-7-3)17(13-10-8-9-11-15(13)22(25)26)16(12(4)21-14)19(23)27-6-2/h8-11,17,21H,5-7H2,1-4H3. The largest absolute Gasteiger partial charge is 0.463 e. The average molecular weight is 388 g/mol. The maximum Gasteiger partial charge on any atom is 0.336 e. The first-order chi connectivity index (χ1) is 13.4. The Kier molecular flexibility index (Phi) is 6.92. The molecule has 8 nitrogen and oxygen atoms in total. The number of nitro groups is 1. The van der Waals surface area contributed by atoms with Crippen LogP contribution in [-0.4, -0.2) is 30.1 Å². The topological polar surface area (TPSA) is 108 Å². The van der Waals surface area contributed by atoms with Crippen LogP contribution in [0.4, 0.5) is 5.69 Å². The molecule has 0 aromatic heterocycles. The number of dihydropyridines is 1. The number of esters is 2. The maximum absolute atomic E-state index is 12.8. The highest BCUT2D eigenvalue weighted by atomic mass is 16.6. The van der Waals surface area contributed by atoms with E-state index in [1.165, 1.54) is 12.1 Å². The first kappa shape index (κ1) is 21.1. The van der Waals surface area contributed by atoms with Crippen molar-refractivity contribution in [3.05, 3.63) is 62.5 Å². The molecule has 1 aliphatic heterocycles. The van der Waals surface area contributed by atoms with E-state index in [1.54, 1.807) is 32.9 Å². The lowest BCUT2D eigenvalue weighted by molar-refractivity contribution is -0.385. The minimum Gasteiger partial charge on any atom is -0.463 e. The Morgan fingerprint density at radius 2 is 1.64 bits per heavy atom. The van der Waals surface area contributed by atoms with Crippen molar-refractivity contribution in [1.82, 2.24) is 5.32 Å². The van der Waals surface area contributed by atoms with Crippen LogP contribution in [0.25, 0.3) is 0 Å². The molecule has 0 saturated carbocycles. The van der Waals surface area contributed by atoms with E-state index in [0.29, 0.717) is 17.8 Å². The minimum absolute atomic E-state index is 0.137. The number of hydrogen-bond acceptors (Lipinski definition) is 7. The second-order valence-electron chi connectivity index (χ2n) is 6.10. The summed E-state index contributed by atoms with van der Waals surface area (Å²) in [5.74, 6) is -2.21. The van der Waals surface area contributed by atoms with Crippen LogP contribution in [0.15, 0.2) is 46.8 Å². The van der Waals surface area contributed by atoms with E-state index < -0.39 is 22.8 Å². The zero-order valence-corrected chi connectivity index (χ0v) is 16.4. The Hall–Kier alpha value is -3.16. The van der Waals surface area contributed by atoms with Gasteiger partial charge < -0.3 is 14.8 Å². The van der Waals surface area contributed by atoms with Crippen molar-refractivity contribution in [2.45, 2.75) is 40.0 Å². The fourth-order valence-corrected chi connectivity index (χ4v) is 3.31. The van der Waals surface area contributed by atoms with Gasteiger partial charge in [0.15, 0.2) is 0 Å². The van der Waals surface area contributed by atoms with Gasteiger partial charge in [0.05, 0.1) is 35.2 Å². The van der Waals surface area contributed by atoms with Gasteiger partial charge in [-0.3, -0.25) is 10.1 Å². The number of benzene rings is 1. The fraction of sp³-hybridized carbons (Fsp3) is 0.400. The van der Waals surface area contributed by atoms with Gasteiger partial charge in [-0.1, -0.05) is 25.1 Å². The van der Waals surface area contributed by atoms with E-state index >= 15 is 0 Å². The lowest BCUT2D eigenvalue weighted by atomic mass is 9.79. The van der Waals surface area contributed by atoms with E-state index in [2.05, 4.69) is 5.32 Å². The highest BCUT2D eigenvalue weighted by Crippen LogP contribution is 2.43. The number of ether oxygens (including phenoxy) is 2. The Morgan fingerprint density at radius 1 is 1.07 bits per heavy atom. The molecule has 1 aliphatic rings. The van der Waals surface area contributed by atoms with Crippen LogP contribution in [0.1, 0.15) is 45.6 Å². The third kappa shape index (κ3) is 4.05. The number of carbonyl (C=O) groups excluding carboxylic acids is 2. The molecule has 0 amide bonds. The monoisotopic (exact) mass is 388 g/mol. The minimum atomic E-state index is -0.962. The second kappa shape index (κ2) is 9.16. The Labute approximate surface area is 163 Å². The Bertz CT molecular complexity index is 856. The van der Waals surface area contributed by atoms with Crippen LogP contribution >= 0.6 is 0 Å². The molecule has 1 atom stereocenters. The number of rotatable bonds is 7. The zero-order chi connectivity index (χ0) is 20.8. The van der Waals surface area contributed by atoms with Crippen LogP contribution in [0.2, 0.25) is 0 Å². The van der Waals surface area contributed by atoms with Crippen LogP contribution in [0.5, 0.6) is 0 Å². The van der Waals surface area contributed by atoms with Gasteiger partial charge in [-0.2, -0.15) is 0 Å². The Morgan fingerprint density at radius 3 is 2.18 bits per heavy atom. The summed E-state index contributed by atoms with van der Waals surface area (Å²) in [5, 5.41) is 14.7. The number of para-hydroxylation sites is 1. The summed E-state index contributed by atoms with van der Waals surface area (Å²) in [6.45, 7) is 7.15. The molecule has 2 rings (SSSR count). The van der Waals surface area contributed by atoms with Crippen molar-refractivity contribution in [1.29, 1.82) is 0 Å². The van der Waals surface area contributed by atoms with Crippen molar-refractivity contribution in [3.63, 3.8) is 0 Å². The fourth-order valence-electron chi connectivity index (χ4n) is 3.31. The first-order valence-electron chi connectivity index (χ1n) is 9.15. The molecule has 1 unspecified atom stereocenters. The summed E-state index contributed by atoms with van der Waals surface area (Å²) < 4.78 is 10.4. The molecule has 1 N–H and O–H groups in total. The maximum atomic E-state index is 12.8. The third-order valence-electron chi connectivity index (χ3n) is 4.43. The van der Waals surface area contributed by atoms with E-state index in [9.17, 15) is 19.7 Å². The van der Waals surface area contributed by atoms with Gasteiger partial charge in [0.2, 0.25) is 0 Å². The zero-order valence-electron chi connectivity index (χ0n) is 16.4. The van der Waals surface area contributed by atoms with E-state index in [-0.39, 0.29) is 35.6 Å². The number of carbonyl (C=O) groups is 2. The molecular formula is C20H24N2O6. The molecule has 0 fully saturated rings. The number of hydrogen-bond donors (Lipinski definition) is 1. The number of nitrogens with zero attached hydrogens (tertiary/aromatic N) is 1. The van der Waals surface area contributed by atoms with Gasteiger partial charge in [0.25, 0.3) is 5.69 Å². The molecule has 150 valence electrons. The molecule has 0 radical (unpaired) electrons. The van der Waals surface area contributed by atoms with Crippen molar-refractivity contribution < 1.29 is 24.0 Å². The molecule has 1 heterocycles. The van der Waals surface area contributed by atoms with Crippen molar-refractivity contribution >= 4 is 17.6 Å². The lowest BCUT2D eigenvalue weighted by Crippen LogP contribution is -2.33. The molecule has 28 heavy (non-hydrogen) atoms. The van der Waals surface area contributed by atoms with Gasteiger partial charge in [-0.25, -0.2) is 9.59 Å². The predicted molar refractivity (Wildman–Crippen MR) is 102 cm³/mol. The van der Waals surface area contributed by atoms with Crippen LogP contribution < -0.4 is 5.32 Å². The van der Waals surface area contributed by atoms with Gasteiger partial charge in [0.1, 0.15) is 0 Å². The van der Waals surface area contributed by atoms with Crippen molar-refractivity contribution in [2.75, 3.05) is 13.2 Å². The number of nitrogens with one attached hydrogen (secondary N) is 1. The first-order valence-corrected chi connectivity index (χ1v) is 9.15. The highest BCUT2D eigenvalue weighted by Gasteiger charge is 2.41. The van der Waals surface area contributed by atoms with E-state index in [0.717, 1.165) is 0 Å². The summed E-state index contributed by atoms with van der Waals surface area (Å²) >= 11 is 0. The summed E-state index contributed by atoms with van der Waals surface area (Å²) in [7, 11) is 0. The molecule has 0 saturated heterocycles. The molecule has 1 aromatic carbocycles. The summed E-state index contributed by atoms with van der Waals surface area (Å²) in [6.07, 6.45) is 0.457. The highest BCUT2D eigenvalue weighted by molar-refractivity contribution is 6.00. The van der Waals surface area contributed by atoms with Gasteiger partial charge in [-0.15, -0.1) is 0 Å². The van der Waals surface area contributed by atoms with Crippen LogP contribution in [0, 0.1) is 10.1 Å².